The van der Waals surface area contributed by atoms with E-state index in [1.165, 1.54) is 6.92 Å². The van der Waals surface area contributed by atoms with E-state index in [-0.39, 0.29) is 29.2 Å². The minimum Gasteiger partial charge on any atom is -0.464 e. The maximum Gasteiger partial charge on any atom is 0.329 e. The monoisotopic (exact) mass is 427 g/mol. The van der Waals surface area contributed by atoms with Gasteiger partial charge >= 0.3 is 5.97 Å². The summed E-state index contributed by atoms with van der Waals surface area (Å²) in [4.78, 5) is 48.7. The zero-order chi connectivity index (χ0) is 22.1. The zero-order valence-corrected chi connectivity index (χ0v) is 18.0. The molecule has 2 aromatic carbocycles. The summed E-state index contributed by atoms with van der Waals surface area (Å²) in [6.07, 6.45) is 0. The molecular formula is C23H25NO5S. The van der Waals surface area contributed by atoms with Crippen molar-refractivity contribution in [2.24, 2.45) is 0 Å². The summed E-state index contributed by atoms with van der Waals surface area (Å²) >= 11 is 0.955. The molecule has 0 spiro atoms. The van der Waals surface area contributed by atoms with E-state index in [2.05, 4.69) is 5.32 Å². The van der Waals surface area contributed by atoms with Gasteiger partial charge in [-0.1, -0.05) is 67.2 Å². The largest absolute Gasteiger partial charge is 0.464 e. The number of ketones is 1. The smallest absolute Gasteiger partial charge is 0.329 e. The van der Waals surface area contributed by atoms with Gasteiger partial charge in [0.05, 0.1) is 12.5 Å². The average Bonchev–Trinajstić information content (AvgIpc) is 2.75. The van der Waals surface area contributed by atoms with Crippen molar-refractivity contribution >= 4 is 34.5 Å². The lowest BCUT2D eigenvalue weighted by Crippen LogP contribution is -2.43. The van der Waals surface area contributed by atoms with Crippen molar-refractivity contribution in [2.75, 3.05) is 12.4 Å². The van der Waals surface area contributed by atoms with Crippen molar-refractivity contribution in [3.63, 3.8) is 0 Å². The standard InChI is InChI=1S/C23H25NO5S/c1-4-29-22(27)20(24-16(3)25)14-30-23(28)15(2)18-11-8-12-19(13-18)21(26)17-9-6-5-7-10-17/h5-13,15,20H,4,14H2,1-3H3,(H,24,25)/t15-,20+/m1/s1. The van der Waals surface area contributed by atoms with E-state index >= 15 is 0 Å². The molecule has 1 N–H and O–H groups in total. The third kappa shape index (κ3) is 6.56. The van der Waals surface area contributed by atoms with Gasteiger partial charge in [0, 0.05) is 23.8 Å². The predicted molar refractivity (Wildman–Crippen MR) is 116 cm³/mol. The van der Waals surface area contributed by atoms with Crippen LogP contribution >= 0.6 is 11.8 Å². The molecular weight excluding hydrogens is 402 g/mol. The van der Waals surface area contributed by atoms with Crippen LogP contribution < -0.4 is 5.32 Å². The number of rotatable bonds is 9. The molecule has 0 aliphatic carbocycles. The van der Waals surface area contributed by atoms with Gasteiger partial charge in [0.15, 0.2) is 10.9 Å². The third-order valence-corrected chi connectivity index (χ3v) is 5.52. The summed E-state index contributed by atoms with van der Waals surface area (Å²) in [5.41, 5.74) is 1.79. The van der Waals surface area contributed by atoms with Gasteiger partial charge in [-0.2, -0.15) is 0 Å². The van der Waals surface area contributed by atoms with Gasteiger partial charge in [0.1, 0.15) is 6.04 Å². The minimum atomic E-state index is -0.894. The van der Waals surface area contributed by atoms with Crippen molar-refractivity contribution in [1.29, 1.82) is 0 Å². The van der Waals surface area contributed by atoms with Gasteiger partial charge in [-0.05, 0) is 18.6 Å². The highest BCUT2D eigenvalue weighted by atomic mass is 32.2. The number of amides is 1. The molecule has 2 atom stereocenters. The van der Waals surface area contributed by atoms with Crippen LogP contribution in [0, 0.1) is 0 Å². The molecule has 0 saturated carbocycles. The van der Waals surface area contributed by atoms with Crippen LogP contribution in [-0.2, 0) is 19.1 Å². The number of hydrogen-bond acceptors (Lipinski definition) is 6. The van der Waals surface area contributed by atoms with E-state index in [1.54, 1.807) is 62.4 Å². The highest BCUT2D eigenvalue weighted by molar-refractivity contribution is 8.13. The van der Waals surface area contributed by atoms with Crippen LogP contribution in [0.1, 0.15) is 48.2 Å². The third-order valence-electron chi connectivity index (χ3n) is 4.38. The molecule has 6 nitrogen and oxygen atoms in total. The minimum absolute atomic E-state index is 0.0736. The molecule has 2 aromatic rings. The number of nitrogens with one attached hydrogen (secondary N) is 1. The maximum absolute atomic E-state index is 12.7. The van der Waals surface area contributed by atoms with E-state index in [9.17, 15) is 19.2 Å². The lowest BCUT2D eigenvalue weighted by Gasteiger charge is -2.17. The molecule has 0 fully saturated rings. The Morgan fingerprint density at radius 1 is 1.00 bits per heavy atom. The van der Waals surface area contributed by atoms with Crippen LogP contribution in [0.2, 0.25) is 0 Å². The van der Waals surface area contributed by atoms with Gasteiger partial charge in [-0.3, -0.25) is 14.4 Å². The van der Waals surface area contributed by atoms with Crippen LogP contribution in [0.5, 0.6) is 0 Å². The molecule has 0 heterocycles. The topological polar surface area (TPSA) is 89.5 Å². The first-order valence-corrected chi connectivity index (χ1v) is 10.6. The predicted octanol–water partition coefficient (Wildman–Crippen LogP) is 3.35. The van der Waals surface area contributed by atoms with Crippen LogP contribution in [-0.4, -0.2) is 41.2 Å². The lowest BCUT2D eigenvalue weighted by molar-refractivity contribution is -0.146. The molecule has 0 aliphatic heterocycles. The normalized spacial score (nSPS) is 12.5. The van der Waals surface area contributed by atoms with Gasteiger partial charge in [-0.25, -0.2) is 4.79 Å². The van der Waals surface area contributed by atoms with Crippen LogP contribution in [0.3, 0.4) is 0 Å². The number of carbonyl (C=O) groups is 4. The zero-order valence-electron chi connectivity index (χ0n) is 17.2. The number of esters is 1. The van der Waals surface area contributed by atoms with E-state index < -0.39 is 17.9 Å². The van der Waals surface area contributed by atoms with Crippen molar-refractivity contribution < 1.29 is 23.9 Å². The van der Waals surface area contributed by atoms with E-state index in [0.717, 1.165) is 11.8 Å². The average molecular weight is 428 g/mol. The van der Waals surface area contributed by atoms with Gasteiger partial charge in [-0.15, -0.1) is 0 Å². The Labute approximate surface area is 180 Å². The number of carbonyl (C=O) groups excluding carboxylic acids is 4. The molecule has 2 rings (SSSR count). The lowest BCUT2D eigenvalue weighted by atomic mass is 9.96. The van der Waals surface area contributed by atoms with Crippen molar-refractivity contribution in [3.8, 4) is 0 Å². The highest BCUT2D eigenvalue weighted by Gasteiger charge is 2.24. The molecule has 0 bridgehead atoms. The summed E-state index contributed by atoms with van der Waals surface area (Å²) < 4.78 is 4.95. The highest BCUT2D eigenvalue weighted by Crippen LogP contribution is 2.24. The first kappa shape index (κ1) is 23.3. The second-order valence-corrected chi connectivity index (χ2v) is 7.70. The number of hydrogen-bond donors (Lipinski definition) is 1. The van der Waals surface area contributed by atoms with Crippen molar-refractivity contribution in [2.45, 2.75) is 32.7 Å². The molecule has 1 amide bonds. The summed E-state index contributed by atoms with van der Waals surface area (Å²) in [5.74, 6) is -1.47. The van der Waals surface area contributed by atoms with E-state index in [0.29, 0.717) is 16.7 Å². The van der Waals surface area contributed by atoms with Gasteiger partial charge in [0.25, 0.3) is 0 Å². The summed E-state index contributed by atoms with van der Waals surface area (Å²) in [5, 5.41) is 2.34. The second-order valence-electron chi connectivity index (χ2n) is 6.68. The molecule has 0 aliphatic rings. The summed E-state index contributed by atoms with van der Waals surface area (Å²) in [6, 6.07) is 15.0. The Morgan fingerprint density at radius 3 is 2.30 bits per heavy atom. The maximum atomic E-state index is 12.7. The molecule has 0 unspecified atom stereocenters. The summed E-state index contributed by atoms with van der Waals surface area (Å²) in [6.45, 7) is 4.91. The van der Waals surface area contributed by atoms with Crippen LogP contribution in [0.15, 0.2) is 54.6 Å². The second kappa shape index (κ2) is 11.3. The van der Waals surface area contributed by atoms with E-state index in [1.807, 2.05) is 6.07 Å². The number of thioether (sulfide) groups is 1. The Kier molecular flexibility index (Phi) is 8.80. The molecule has 0 saturated heterocycles. The Morgan fingerprint density at radius 2 is 1.67 bits per heavy atom. The first-order valence-electron chi connectivity index (χ1n) is 9.63. The molecule has 158 valence electrons. The van der Waals surface area contributed by atoms with Crippen molar-refractivity contribution in [1.82, 2.24) is 5.32 Å². The number of ether oxygens (including phenoxy) is 1. The fourth-order valence-corrected chi connectivity index (χ4v) is 3.73. The fourth-order valence-electron chi connectivity index (χ4n) is 2.79. The van der Waals surface area contributed by atoms with Gasteiger partial charge < -0.3 is 10.1 Å². The molecule has 0 radical (unpaired) electrons. The van der Waals surface area contributed by atoms with E-state index in [4.69, 9.17) is 4.74 Å². The Bertz CT molecular complexity index is 913. The van der Waals surface area contributed by atoms with Gasteiger partial charge in [0.2, 0.25) is 5.91 Å². The summed E-state index contributed by atoms with van der Waals surface area (Å²) in [7, 11) is 0. The fraction of sp³-hybridized carbons (Fsp3) is 0.304. The van der Waals surface area contributed by atoms with Crippen molar-refractivity contribution in [3.05, 3.63) is 71.3 Å². The Balaban J connectivity index is 2.07. The quantitative estimate of drug-likeness (QED) is 0.488. The van der Waals surface area contributed by atoms with Crippen LogP contribution in [0.4, 0.5) is 0 Å². The number of benzene rings is 2. The first-order chi connectivity index (χ1) is 14.3. The molecule has 7 heteroatoms. The van der Waals surface area contributed by atoms with Crippen LogP contribution in [0.25, 0.3) is 0 Å². The Hall–Kier alpha value is -2.93. The molecule has 0 aromatic heterocycles. The molecule has 30 heavy (non-hydrogen) atoms. The SMILES string of the molecule is CCOC(=O)[C@H](CSC(=O)[C@H](C)c1cccc(C(=O)c2ccccc2)c1)NC(C)=O.